The molecule has 0 aliphatic heterocycles. The first kappa shape index (κ1) is 23.7. The molecule has 4 rings (SSSR count). The summed E-state index contributed by atoms with van der Waals surface area (Å²) in [6, 6.07) is 17.0. The summed E-state index contributed by atoms with van der Waals surface area (Å²) < 4.78 is 19.1. The Morgan fingerprint density at radius 1 is 1.09 bits per heavy atom. The first-order chi connectivity index (χ1) is 16.7. The number of fused-ring (bicyclic) bond motifs is 1. The lowest BCUT2D eigenvalue weighted by molar-refractivity contribution is -0.120. The lowest BCUT2D eigenvalue weighted by Crippen LogP contribution is -2.26. The van der Waals surface area contributed by atoms with Crippen molar-refractivity contribution in [2.45, 2.75) is 20.8 Å². The predicted molar refractivity (Wildman–Crippen MR) is 135 cm³/mol. The van der Waals surface area contributed by atoms with Gasteiger partial charge >= 0.3 is 0 Å². The maximum atomic E-state index is 13.2. The van der Waals surface area contributed by atoms with E-state index >= 15 is 0 Å². The molecule has 1 amide bonds. The highest BCUT2D eigenvalue weighted by atomic mass is 19.1. The molecule has 0 aliphatic rings. The first-order valence-corrected chi connectivity index (χ1v) is 11.1. The molecule has 0 radical (unpaired) electrons. The van der Waals surface area contributed by atoms with Crippen LogP contribution >= 0.6 is 0 Å². The summed E-state index contributed by atoms with van der Waals surface area (Å²) in [7, 11) is 0. The number of H-pyrrole nitrogens is 1. The van der Waals surface area contributed by atoms with Gasteiger partial charge in [-0.25, -0.2) is 4.39 Å². The van der Waals surface area contributed by atoms with E-state index in [0.717, 1.165) is 27.6 Å². The van der Waals surface area contributed by atoms with Crippen molar-refractivity contribution in [2.75, 3.05) is 0 Å². The maximum Gasteiger partial charge on any atom is 0.226 e. The minimum absolute atomic E-state index is 0.271. The van der Waals surface area contributed by atoms with Crippen molar-refractivity contribution in [3.05, 3.63) is 95.1 Å². The number of hydrogen-bond donors (Lipinski definition) is 3. The number of amides is 1. The number of benzene rings is 3. The standard InChI is InChI=1S/C27H26FN5O2/c1-15-7-12-23-22(14-31-33-23)24(15)26(25(29)16(2)27(30)34)32-17(3)18-5-4-6-21(13-18)35-20-10-8-19(28)9-11-20/h4-14,16H,29H2,1-3H3,(H2,30,34)(H,31,33)/b26-25+,32-17?. The quantitative estimate of drug-likeness (QED) is 0.326. The van der Waals surface area contributed by atoms with E-state index in [2.05, 4.69) is 10.2 Å². The average Bonchev–Trinajstić information content (AvgIpc) is 3.32. The second-order valence-corrected chi connectivity index (χ2v) is 8.30. The molecule has 1 unspecified atom stereocenters. The van der Waals surface area contributed by atoms with Gasteiger partial charge in [-0.3, -0.25) is 14.9 Å². The number of nitrogens with two attached hydrogens (primary N) is 2. The molecule has 4 aromatic rings. The summed E-state index contributed by atoms with van der Waals surface area (Å²) in [6.45, 7) is 5.46. The van der Waals surface area contributed by atoms with E-state index in [9.17, 15) is 9.18 Å². The fourth-order valence-electron chi connectivity index (χ4n) is 3.72. The maximum absolute atomic E-state index is 13.2. The van der Waals surface area contributed by atoms with Gasteiger partial charge in [0.05, 0.1) is 23.3 Å². The molecule has 1 atom stereocenters. The third-order valence-electron chi connectivity index (χ3n) is 5.82. The lowest BCUT2D eigenvalue weighted by Gasteiger charge is -2.16. The van der Waals surface area contributed by atoms with Gasteiger partial charge in [-0.15, -0.1) is 0 Å². The number of nitrogens with zero attached hydrogens (tertiary/aromatic N) is 2. The fraction of sp³-hybridized carbons (Fsp3) is 0.148. The first-order valence-electron chi connectivity index (χ1n) is 11.1. The molecule has 3 aromatic carbocycles. The number of halogens is 1. The Balaban J connectivity index is 1.80. The molecule has 1 heterocycles. The van der Waals surface area contributed by atoms with E-state index in [1.54, 1.807) is 31.3 Å². The van der Waals surface area contributed by atoms with Gasteiger partial charge in [0.1, 0.15) is 17.3 Å². The molecule has 0 fully saturated rings. The molecule has 8 heteroatoms. The Labute approximate surface area is 202 Å². The van der Waals surface area contributed by atoms with Crippen LogP contribution in [0.2, 0.25) is 0 Å². The van der Waals surface area contributed by atoms with Gasteiger partial charge in [0.15, 0.2) is 0 Å². The van der Waals surface area contributed by atoms with E-state index in [4.69, 9.17) is 21.2 Å². The number of carbonyl (C=O) groups is 1. The smallest absolute Gasteiger partial charge is 0.226 e. The van der Waals surface area contributed by atoms with Crippen molar-refractivity contribution in [1.82, 2.24) is 10.2 Å². The molecular weight excluding hydrogens is 445 g/mol. The Morgan fingerprint density at radius 3 is 2.54 bits per heavy atom. The largest absolute Gasteiger partial charge is 0.457 e. The van der Waals surface area contributed by atoms with Gasteiger partial charge < -0.3 is 16.2 Å². The van der Waals surface area contributed by atoms with Crippen LogP contribution in [0, 0.1) is 18.7 Å². The van der Waals surface area contributed by atoms with Crippen molar-refractivity contribution in [1.29, 1.82) is 0 Å². The number of aromatic nitrogens is 2. The number of nitrogens with one attached hydrogen (secondary N) is 1. The van der Waals surface area contributed by atoms with Crippen LogP contribution in [0.1, 0.15) is 30.5 Å². The highest BCUT2D eigenvalue weighted by Gasteiger charge is 2.21. The summed E-state index contributed by atoms with van der Waals surface area (Å²) in [5.41, 5.74) is 16.8. The van der Waals surface area contributed by atoms with Gasteiger partial charge in [0.2, 0.25) is 5.91 Å². The number of aryl methyl sites for hydroxylation is 1. The van der Waals surface area contributed by atoms with E-state index in [1.807, 2.05) is 44.2 Å². The summed E-state index contributed by atoms with van der Waals surface area (Å²) >= 11 is 0. The van der Waals surface area contributed by atoms with Crippen LogP contribution in [0.5, 0.6) is 11.5 Å². The third-order valence-corrected chi connectivity index (χ3v) is 5.82. The topological polar surface area (TPSA) is 119 Å². The molecule has 1 aromatic heterocycles. The van der Waals surface area contributed by atoms with Crippen molar-refractivity contribution in [3.63, 3.8) is 0 Å². The minimum atomic E-state index is -0.726. The van der Waals surface area contributed by atoms with Crippen LogP contribution in [0.15, 0.2) is 77.5 Å². The molecule has 0 saturated carbocycles. The number of primary amides is 1. The Morgan fingerprint density at radius 2 is 1.83 bits per heavy atom. The number of aliphatic imine (C=N–C) groups is 1. The molecule has 0 bridgehead atoms. The van der Waals surface area contributed by atoms with Crippen molar-refractivity contribution in [3.8, 4) is 11.5 Å². The van der Waals surface area contributed by atoms with Crippen LogP contribution in [-0.4, -0.2) is 21.8 Å². The van der Waals surface area contributed by atoms with E-state index in [1.165, 1.54) is 12.1 Å². The number of aromatic amines is 1. The average molecular weight is 472 g/mol. The number of hydrogen-bond acceptors (Lipinski definition) is 5. The number of ether oxygens (including phenoxy) is 1. The van der Waals surface area contributed by atoms with Gasteiger partial charge in [0, 0.05) is 22.4 Å². The van der Waals surface area contributed by atoms with E-state index < -0.39 is 11.8 Å². The molecule has 7 nitrogen and oxygen atoms in total. The number of carbonyl (C=O) groups excluding carboxylic acids is 1. The van der Waals surface area contributed by atoms with Crippen molar-refractivity contribution in [2.24, 2.45) is 22.4 Å². The van der Waals surface area contributed by atoms with Crippen LogP contribution in [-0.2, 0) is 4.79 Å². The molecule has 178 valence electrons. The molecular formula is C27H26FN5O2. The summed E-state index contributed by atoms with van der Waals surface area (Å²) in [5.74, 6) is -0.517. The molecule has 0 aliphatic carbocycles. The molecule has 5 N–H and O–H groups in total. The third kappa shape index (κ3) is 5.06. The summed E-state index contributed by atoms with van der Waals surface area (Å²) in [6.07, 6.45) is 1.71. The van der Waals surface area contributed by atoms with Crippen LogP contribution < -0.4 is 16.2 Å². The van der Waals surface area contributed by atoms with Crippen molar-refractivity contribution >= 4 is 28.2 Å². The summed E-state index contributed by atoms with van der Waals surface area (Å²) in [5, 5.41) is 7.95. The molecule has 0 spiro atoms. The molecule has 0 saturated heterocycles. The fourth-order valence-corrected chi connectivity index (χ4v) is 3.72. The van der Waals surface area contributed by atoms with Crippen LogP contribution in [0.25, 0.3) is 16.6 Å². The highest BCUT2D eigenvalue weighted by molar-refractivity contribution is 6.04. The van der Waals surface area contributed by atoms with Crippen molar-refractivity contribution < 1.29 is 13.9 Å². The van der Waals surface area contributed by atoms with Crippen LogP contribution in [0.3, 0.4) is 0 Å². The van der Waals surface area contributed by atoms with E-state index in [-0.39, 0.29) is 11.5 Å². The second kappa shape index (κ2) is 9.80. The molecule has 35 heavy (non-hydrogen) atoms. The number of rotatable bonds is 7. The predicted octanol–water partition coefficient (Wildman–Crippen LogP) is 5.06. The van der Waals surface area contributed by atoms with E-state index in [0.29, 0.717) is 22.9 Å². The monoisotopic (exact) mass is 471 g/mol. The van der Waals surface area contributed by atoms with Crippen LogP contribution in [0.4, 0.5) is 4.39 Å². The Bertz CT molecular complexity index is 1450. The SMILES string of the molecule is CC(=N/C(=C(/N)C(C)C(N)=O)c1c(C)ccc2[nH]ncc12)c1cccc(Oc2ccc(F)cc2)c1. The zero-order valence-electron chi connectivity index (χ0n) is 19.7. The highest BCUT2D eigenvalue weighted by Crippen LogP contribution is 2.32. The zero-order chi connectivity index (χ0) is 25.1. The van der Waals surface area contributed by atoms with Gasteiger partial charge in [0.25, 0.3) is 0 Å². The Hall–Kier alpha value is -4.46. The normalized spacial score (nSPS) is 13.4. The minimum Gasteiger partial charge on any atom is -0.457 e. The van der Waals surface area contributed by atoms with Gasteiger partial charge in [-0.1, -0.05) is 18.2 Å². The summed E-state index contributed by atoms with van der Waals surface area (Å²) in [4.78, 5) is 16.9. The Kier molecular flexibility index (Phi) is 6.64. The lowest BCUT2D eigenvalue weighted by atomic mass is 9.96. The van der Waals surface area contributed by atoms with Gasteiger partial charge in [-0.05, 0) is 74.4 Å². The second-order valence-electron chi connectivity index (χ2n) is 8.30. The van der Waals surface area contributed by atoms with Gasteiger partial charge in [-0.2, -0.15) is 5.10 Å². The zero-order valence-corrected chi connectivity index (χ0v) is 19.7.